The Morgan fingerprint density at radius 2 is 1.89 bits per heavy atom. The van der Waals surface area contributed by atoms with Crippen LogP contribution < -0.4 is 10.0 Å². The molecule has 1 aromatic rings. The summed E-state index contributed by atoms with van der Waals surface area (Å²) in [5, 5.41) is 9.67. The number of nitrogens with one attached hydrogen (secondary N) is 3. The number of methoxy groups -OCH3 is 1. The molecule has 0 spiro atoms. The lowest BCUT2D eigenvalue weighted by atomic mass is 10.4. The molecule has 1 aromatic carbocycles. The first-order valence-electron chi connectivity index (χ1n) is 5.26. The standard InChI is InChI=1S/C11H14N4O3S/c1-13-10(16)15(9(12)18-2)11(17)14-19-8-6-4-3-5-7-8/h3-7,12H,1-2H3,(H,13,16)(H,14,17). The lowest BCUT2D eigenvalue weighted by Gasteiger charge is -2.19. The van der Waals surface area contributed by atoms with E-state index in [0.717, 1.165) is 16.8 Å². The van der Waals surface area contributed by atoms with Crippen molar-refractivity contribution in [2.45, 2.75) is 4.90 Å². The average molecular weight is 282 g/mol. The zero-order chi connectivity index (χ0) is 14.3. The summed E-state index contributed by atoms with van der Waals surface area (Å²) in [6.45, 7) is 0. The predicted octanol–water partition coefficient (Wildman–Crippen LogP) is 1.63. The van der Waals surface area contributed by atoms with Crippen molar-refractivity contribution in [2.24, 2.45) is 0 Å². The Labute approximate surface area is 114 Å². The Hall–Kier alpha value is -2.22. The number of hydrogen-bond donors (Lipinski definition) is 3. The number of amides is 4. The molecule has 0 unspecified atom stereocenters. The Morgan fingerprint density at radius 3 is 2.42 bits per heavy atom. The van der Waals surface area contributed by atoms with E-state index < -0.39 is 18.1 Å². The lowest BCUT2D eigenvalue weighted by molar-refractivity contribution is 0.199. The molecule has 8 heteroatoms. The van der Waals surface area contributed by atoms with Gasteiger partial charge in [-0.2, -0.15) is 4.90 Å². The highest BCUT2D eigenvalue weighted by molar-refractivity contribution is 7.98. The summed E-state index contributed by atoms with van der Waals surface area (Å²) in [7, 11) is 2.56. The van der Waals surface area contributed by atoms with Gasteiger partial charge < -0.3 is 10.1 Å². The van der Waals surface area contributed by atoms with Crippen LogP contribution in [0.1, 0.15) is 0 Å². The van der Waals surface area contributed by atoms with Crippen molar-refractivity contribution in [1.29, 1.82) is 5.41 Å². The van der Waals surface area contributed by atoms with Gasteiger partial charge >= 0.3 is 18.1 Å². The number of ether oxygens (including phenoxy) is 1. The van der Waals surface area contributed by atoms with Gasteiger partial charge in [-0.1, -0.05) is 18.2 Å². The van der Waals surface area contributed by atoms with Crippen molar-refractivity contribution in [3.63, 3.8) is 0 Å². The topological polar surface area (TPSA) is 94.5 Å². The van der Waals surface area contributed by atoms with E-state index in [2.05, 4.69) is 14.8 Å². The highest BCUT2D eigenvalue weighted by Gasteiger charge is 2.26. The summed E-state index contributed by atoms with van der Waals surface area (Å²) < 4.78 is 7.04. The smallest absolute Gasteiger partial charge is 0.344 e. The van der Waals surface area contributed by atoms with E-state index in [4.69, 9.17) is 5.41 Å². The largest absolute Gasteiger partial charge is 0.468 e. The third kappa shape index (κ3) is 4.18. The molecule has 1 rings (SSSR count). The van der Waals surface area contributed by atoms with Crippen LogP contribution >= 0.6 is 11.9 Å². The highest BCUT2D eigenvalue weighted by Crippen LogP contribution is 2.13. The molecule has 0 aromatic heterocycles. The second kappa shape index (κ2) is 7.27. The van der Waals surface area contributed by atoms with Crippen molar-refractivity contribution < 1.29 is 14.3 Å². The van der Waals surface area contributed by atoms with E-state index >= 15 is 0 Å². The maximum absolute atomic E-state index is 11.8. The first kappa shape index (κ1) is 14.8. The van der Waals surface area contributed by atoms with Crippen molar-refractivity contribution in [1.82, 2.24) is 14.9 Å². The fourth-order valence-corrected chi connectivity index (χ4v) is 1.71. The second-order valence-corrected chi connectivity index (χ2v) is 4.10. The van der Waals surface area contributed by atoms with E-state index in [-0.39, 0.29) is 0 Å². The highest BCUT2D eigenvalue weighted by atomic mass is 32.2. The summed E-state index contributed by atoms with van der Waals surface area (Å²) >= 11 is 1.04. The third-order valence-corrected chi connectivity index (χ3v) is 2.80. The van der Waals surface area contributed by atoms with Gasteiger partial charge in [0.15, 0.2) is 0 Å². The van der Waals surface area contributed by atoms with Gasteiger partial charge in [0.05, 0.1) is 7.11 Å². The molecule has 0 radical (unpaired) electrons. The molecule has 0 bridgehead atoms. The molecule has 7 nitrogen and oxygen atoms in total. The minimum absolute atomic E-state index is 0.552. The van der Waals surface area contributed by atoms with E-state index in [0.29, 0.717) is 4.90 Å². The Balaban J connectivity index is 2.67. The van der Waals surface area contributed by atoms with Crippen molar-refractivity contribution in [3.05, 3.63) is 30.3 Å². The zero-order valence-corrected chi connectivity index (χ0v) is 11.3. The van der Waals surface area contributed by atoms with Gasteiger partial charge in [-0.05, 0) is 24.1 Å². The summed E-state index contributed by atoms with van der Waals surface area (Å²) in [4.78, 5) is 24.7. The molecule has 0 fully saturated rings. The van der Waals surface area contributed by atoms with Crippen molar-refractivity contribution >= 4 is 30.0 Å². The SMILES string of the molecule is CNC(=O)N(C(=N)OC)C(=O)NSc1ccccc1. The summed E-state index contributed by atoms with van der Waals surface area (Å²) in [6, 6.07) is 7.02. The van der Waals surface area contributed by atoms with Gasteiger partial charge in [0.1, 0.15) is 0 Å². The van der Waals surface area contributed by atoms with E-state index in [1.165, 1.54) is 14.2 Å². The molecule has 0 aliphatic carbocycles. The van der Waals surface area contributed by atoms with Crippen LogP contribution in [0.15, 0.2) is 35.2 Å². The molecule has 102 valence electrons. The Kier molecular flexibility index (Phi) is 5.68. The van der Waals surface area contributed by atoms with Crippen molar-refractivity contribution in [2.75, 3.05) is 14.2 Å². The van der Waals surface area contributed by atoms with Crippen LogP contribution in [0.25, 0.3) is 0 Å². The molecular formula is C11H14N4O3S. The molecule has 0 saturated heterocycles. The minimum Gasteiger partial charge on any atom is -0.468 e. The number of amidine groups is 1. The first-order valence-corrected chi connectivity index (χ1v) is 6.08. The normalized spacial score (nSPS) is 9.37. The van der Waals surface area contributed by atoms with Crippen LogP contribution in [0.3, 0.4) is 0 Å². The van der Waals surface area contributed by atoms with Gasteiger partial charge in [-0.3, -0.25) is 10.1 Å². The van der Waals surface area contributed by atoms with E-state index in [1.54, 1.807) is 12.1 Å². The first-order chi connectivity index (χ1) is 9.10. The monoisotopic (exact) mass is 282 g/mol. The second-order valence-electron chi connectivity index (χ2n) is 3.22. The average Bonchev–Trinajstić information content (AvgIpc) is 2.45. The number of benzene rings is 1. The van der Waals surface area contributed by atoms with E-state index in [1.807, 2.05) is 18.2 Å². The van der Waals surface area contributed by atoms with Crippen molar-refractivity contribution in [3.8, 4) is 0 Å². The van der Waals surface area contributed by atoms with Gasteiger partial charge in [-0.25, -0.2) is 9.59 Å². The third-order valence-electron chi connectivity index (χ3n) is 2.02. The maximum atomic E-state index is 11.8. The minimum atomic E-state index is -0.764. The van der Waals surface area contributed by atoms with Crippen LogP contribution in [-0.4, -0.2) is 37.1 Å². The fourth-order valence-electron chi connectivity index (χ4n) is 1.12. The van der Waals surface area contributed by atoms with Crippen LogP contribution in [0.5, 0.6) is 0 Å². The lowest BCUT2D eigenvalue weighted by Crippen LogP contribution is -2.49. The molecule has 4 amide bonds. The molecule has 19 heavy (non-hydrogen) atoms. The van der Waals surface area contributed by atoms with E-state index in [9.17, 15) is 9.59 Å². The van der Waals surface area contributed by atoms with Gasteiger partial charge in [0.2, 0.25) is 0 Å². The van der Waals surface area contributed by atoms with Crippen LogP contribution in [0.2, 0.25) is 0 Å². The van der Waals surface area contributed by atoms with Crippen LogP contribution in [-0.2, 0) is 4.74 Å². The number of imide groups is 1. The molecule has 0 aliphatic heterocycles. The molecule has 0 saturated carbocycles. The van der Waals surface area contributed by atoms with Crippen LogP contribution in [0.4, 0.5) is 9.59 Å². The molecular weight excluding hydrogens is 268 g/mol. The van der Waals surface area contributed by atoms with Gasteiger partial charge in [-0.15, -0.1) is 0 Å². The quantitative estimate of drug-likeness (QED) is 0.436. The Bertz CT molecular complexity index is 450. The van der Waals surface area contributed by atoms with Gasteiger partial charge in [0, 0.05) is 11.9 Å². The number of carbonyl (C=O) groups excluding carboxylic acids is 2. The molecule has 0 atom stereocenters. The predicted molar refractivity (Wildman–Crippen MR) is 71.9 cm³/mol. The number of nitrogens with zero attached hydrogens (tertiary/aromatic N) is 1. The maximum Gasteiger partial charge on any atom is 0.344 e. The summed E-state index contributed by atoms with van der Waals surface area (Å²) in [5.74, 6) is 0. The number of rotatable bonds is 2. The Morgan fingerprint density at radius 1 is 1.26 bits per heavy atom. The fraction of sp³-hybridized carbons (Fsp3) is 0.182. The summed E-state index contributed by atoms with van der Waals surface area (Å²) in [5.41, 5.74) is 0. The molecule has 0 heterocycles. The number of urea groups is 2. The molecule has 0 aliphatic rings. The van der Waals surface area contributed by atoms with Gasteiger partial charge in [0.25, 0.3) is 0 Å². The number of carbonyl (C=O) groups is 2. The summed E-state index contributed by atoms with van der Waals surface area (Å²) in [6.07, 6.45) is 0. The number of hydrogen-bond acceptors (Lipinski definition) is 5. The van der Waals surface area contributed by atoms with Crippen LogP contribution in [0, 0.1) is 5.41 Å². The molecule has 3 N–H and O–H groups in total. The zero-order valence-electron chi connectivity index (χ0n) is 10.5.